The molecule has 0 aromatic carbocycles. The normalized spacial score (nSPS) is 13.0. The third-order valence-corrected chi connectivity index (χ3v) is 6.24. The highest BCUT2D eigenvalue weighted by Gasteiger charge is 2.38. The molecule has 34 heavy (non-hydrogen) atoms. The molecule has 7 nitrogen and oxygen atoms in total. The van der Waals surface area contributed by atoms with E-state index in [0.29, 0.717) is 6.61 Å². The van der Waals surface area contributed by atoms with Crippen molar-refractivity contribution in [2.24, 2.45) is 11.8 Å². The average molecular weight is 485 g/mol. The minimum Gasteiger partial charge on any atom is -0.464 e. The predicted molar refractivity (Wildman–Crippen MR) is 138 cm³/mol. The summed E-state index contributed by atoms with van der Waals surface area (Å²) in [4.78, 5) is 41.2. The van der Waals surface area contributed by atoms with Gasteiger partial charge in [-0.3, -0.25) is 9.69 Å². The zero-order valence-corrected chi connectivity index (χ0v) is 23.2. The standard InChI is InChI=1S/C27H52N2O5/c1-9-11-12-13-14-15-16-17-18-19-20-34-26(31)24(22(5)6)28(7)25(30)23(21(3)4)29(8)27(32)33-10-2/h21-24H,9-20H2,1-8H3. The highest BCUT2D eigenvalue weighted by Crippen LogP contribution is 2.19. The van der Waals surface area contributed by atoms with Crippen LogP contribution in [0.4, 0.5) is 4.79 Å². The first kappa shape index (κ1) is 32.2. The fourth-order valence-electron chi connectivity index (χ4n) is 4.31. The van der Waals surface area contributed by atoms with Crippen LogP contribution in [0.15, 0.2) is 0 Å². The molecule has 2 atom stereocenters. The number of hydrogen-bond acceptors (Lipinski definition) is 5. The molecule has 0 aromatic heterocycles. The second-order valence-electron chi connectivity index (χ2n) is 9.99. The lowest BCUT2D eigenvalue weighted by atomic mass is 9.98. The molecule has 0 aliphatic heterocycles. The summed E-state index contributed by atoms with van der Waals surface area (Å²) in [5, 5.41) is 0. The molecule has 0 aromatic rings. The molecule has 0 rings (SSSR count). The van der Waals surface area contributed by atoms with Crippen LogP contribution in [0.2, 0.25) is 0 Å². The third kappa shape index (κ3) is 12.1. The van der Waals surface area contributed by atoms with Gasteiger partial charge in [-0.1, -0.05) is 92.4 Å². The summed E-state index contributed by atoms with van der Waals surface area (Å²) in [6, 6.07) is -1.42. The Kier molecular flexibility index (Phi) is 17.6. The molecule has 2 unspecified atom stereocenters. The molecule has 0 aliphatic carbocycles. The van der Waals surface area contributed by atoms with Gasteiger partial charge in [0.2, 0.25) is 5.91 Å². The molecule has 0 saturated carbocycles. The first-order chi connectivity index (χ1) is 16.1. The monoisotopic (exact) mass is 484 g/mol. The van der Waals surface area contributed by atoms with Gasteiger partial charge in [0.25, 0.3) is 0 Å². The molecule has 200 valence electrons. The van der Waals surface area contributed by atoms with Gasteiger partial charge in [-0.15, -0.1) is 0 Å². The number of hydrogen-bond donors (Lipinski definition) is 0. The smallest absolute Gasteiger partial charge is 0.410 e. The van der Waals surface area contributed by atoms with E-state index in [1.807, 2.05) is 27.7 Å². The van der Waals surface area contributed by atoms with Crippen molar-refractivity contribution in [3.05, 3.63) is 0 Å². The van der Waals surface area contributed by atoms with Gasteiger partial charge in [-0.25, -0.2) is 9.59 Å². The number of rotatable bonds is 18. The maximum atomic E-state index is 13.3. The van der Waals surface area contributed by atoms with Crippen molar-refractivity contribution in [2.45, 2.75) is 118 Å². The Balaban J connectivity index is 4.67. The molecular formula is C27H52N2O5. The first-order valence-electron chi connectivity index (χ1n) is 13.4. The maximum Gasteiger partial charge on any atom is 0.410 e. The maximum absolute atomic E-state index is 13.3. The van der Waals surface area contributed by atoms with E-state index in [4.69, 9.17) is 9.47 Å². The van der Waals surface area contributed by atoms with Crippen LogP contribution < -0.4 is 0 Å². The fraction of sp³-hybridized carbons (Fsp3) is 0.889. The van der Waals surface area contributed by atoms with E-state index in [0.717, 1.165) is 19.3 Å². The van der Waals surface area contributed by atoms with E-state index < -0.39 is 18.2 Å². The molecular weight excluding hydrogens is 432 g/mol. The molecule has 0 radical (unpaired) electrons. The van der Waals surface area contributed by atoms with Gasteiger partial charge in [-0.05, 0) is 25.2 Å². The highest BCUT2D eigenvalue weighted by molar-refractivity contribution is 5.89. The van der Waals surface area contributed by atoms with Crippen LogP contribution in [0, 0.1) is 11.8 Å². The molecule has 7 heteroatoms. The largest absolute Gasteiger partial charge is 0.464 e. The van der Waals surface area contributed by atoms with Crippen molar-refractivity contribution in [2.75, 3.05) is 27.3 Å². The Hall–Kier alpha value is -1.79. The van der Waals surface area contributed by atoms with Crippen LogP contribution in [0.25, 0.3) is 0 Å². The third-order valence-electron chi connectivity index (χ3n) is 6.24. The molecule has 0 fully saturated rings. The topological polar surface area (TPSA) is 76.2 Å². The number of carbonyl (C=O) groups is 3. The van der Waals surface area contributed by atoms with Crippen molar-refractivity contribution in [3.8, 4) is 0 Å². The van der Waals surface area contributed by atoms with E-state index in [1.54, 1.807) is 21.0 Å². The molecule has 0 saturated heterocycles. The van der Waals surface area contributed by atoms with Crippen LogP contribution in [0.5, 0.6) is 0 Å². The number of likely N-dealkylation sites (N-methyl/N-ethyl adjacent to an activating group) is 2. The minimum atomic E-state index is -0.722. The highest BCUT2D eigenvalue weighted by atomic mass is 16.6. The molecule has 0 aliphatic rings. The van der Waals surface area contributed by atoms with Crippen molar-refractivity contribution in [3.63, 3.8) is 0 Å². The number of carbonyl (C=O) groups excluding carboxylic acids is 3. The molecule has 0 spiro atoms. The second-order valence-corrected chi connectivity index (χ2v) is 9.99. The molecule has 0 bridgehead atoms. The van der Waals surface area contributed by atoms with Gasteiger partial charge >= 0.3 is 12.1 Å². The van der Waals surface area contributed by atoms with E-state index in [1.165, 1.54) is 54.7 Å². The van der Waals surface area contributed by atoms with Crippen LogP contribution in [0.3, 0.4) is 0 Å². The SMILES string of the molecule is CCCCCCCCCCCCOC(=O)C(C(C)C)N(C)C(=O)C(C(C)C)N(C)C(=O)OCC. The lowest BCUT2D eigenvalue weighted by molar-refractivity contribution is -0.158. The lowest BCUT2D eigenvalue weighted by Crippen LogP contribution is -2.56. The molecule has 0 N–H and O–H groups in total. The van der Waals surface area contributed by atoms with E-state index in [-0.39, 0.29) is 30.3 Å². The summed E-state index contributed by atoms with van der Waals surface area (Å²) in [7, 11) is 3.17. The van der Waals surface area contributed by atoms with Crippen LogP contribution in [-0.2, 0) is 19.1 Å². The summed E-state index contributed by atoms with van der Waals surface area (Å²) in [5.41, 5.74) is 0. The van der Waals surface area contributed by atoms with Gasteiger partial charge in [-0.2, -0.15) is 0 Å². The number of esters is 1. The Morgan fingerprint density at radius 2 is 1.12 bits per heavy atom. The zero-order valence-electron chi connectivity index (χ0n) is 23.2. The minimum absolute atomic E-state index is 0.116. The van der Waals surface area contributed by atoms with Gasteiger partial charge in [0, 0.05) is 14.1 Å². The van der Waals surface area contributed by atoms with Gasteiger partial charge in [0.05, 0.1) is 13.2 Å². The first-order valence-corrected chi connectivity index (χ1v) is 13.4. The van der Waals surface area contributed by atoms with Crippen molar-refractivity contribution in [1.82, 2.24) is 9.80 Å². The summed E-state index contributed by atoms with van der Waals surface area (Å²) < 4.78 is 10.6. The Bertz CT molecular complexity index is 579. The zero-order chi connectivity index (χ0) is 26.1. The van der Waals surface area contributed by atoms with Crippen LogP contribution >= 0.6 is 0 Å². The second kappa shape index (κ2) is 18.5. The summed E-state index contributed by atoms with van der Waals surface area (Å²) >= 11 is 0. The number of unbranched alkanes of at least 4 members (excludes halogenated alkanes) is 9. The fourth-order valence-corrected chi connectivity index (χ4v) is 4.31. The predicted octanol–water partition coefficient (Wildman–Crippen LogP) is 6.05. The Labute approximate surface area is 208 Å². The van der Waals surface area contributed by atoms with Gasteiger partial charge < -0.3 is 14.4 Å². The van der Waals surface area contributed by atoms with Crippen LogP contribution in [0.1, 0.15) is 106 Å². The Morgan fingerprint density at radius 3 is 1.56 bits per heavy atom. The Morgan fingerprint density at radius 1 is 0.647 bits per heavy atom. The van der Waals surface area contributed by atoms with Gasteiger partial charge in [0.1, 0.15) is 12.1 Å². The van der Waals surface area contributed by atoms with Crippen LogP contribution in [-0.4, -0.2) is 67.2 Å². The van der Waals surface area contributed by atoms with Gasteiger partial charge in [0.15, 0.2) is 0 Å². The van der Waals surface area contributed by atoms with E-state index >= 15 is 0 Å². The van der Waals surface area contributed by atoms with Crippen molar-refractivity contribution < 1.29 is 23.9 Å². The van der Waals surface area contributed by atoms with Crippen molar-refractivity contribution >= 4 is 18.0 Å². The van der Waals surface area contributed by atoms with E-state index in [9.17, 15) is 14.4 Å². The lowest BCUT2D eigenvalue weighted by Gasteiger charge is -2.36. The summed E-state index contributed by atoms with van der Waals surface area (Å²) in [6.07, 6.45) is 11.6. The number of ether oxygens (including phenoxy) is 2. The molecule has 0 heterocycles. The number of nitrogens with zero attached hydrogens (tertiary/aromatic N) is 2. The molecule has 2 amide bonds. The summed E-state index contributed by atoms with van der Waals surface area (Å²) in [5.74, 6) is -0.932. The van der Waals surface area contributed by atoms with Crippen molar-refractivity contribution in [1.29, 1.82) is 0 Å². The van der Waals surface area contributed by atoms with E-state index in [2.05, 4.69) is 6.92 Å². The quantitative estimate of drug-likeness (QED) is 0.175. The average Bonchev–Trinajstić information content (AvgIpc) is 2.77. The number of amides is 2. The summed E-state index contributed by atoms with van der Waals surface area (Å²) in [6.45, 7) is 12.1.